The molecule has 0 saturated carbocycles. The Kier molecular flexibility index (Phi) is 6.30. The lowest BCUT2D eigenvalue weighted by atomic mass is 10.1. The maximum atomic E-state index is 12.3. The molecular weight excluding hydrogens is 324 g/mol. The SMILES string of the molecule is O=C(O)CN1CCC(NC(=O)Nc2ccccc2OC(F)F)CC1. The minimum absolute atomic E-state index is 0.0166. The van der Waals surface area contributed by atoms with E-state index in [4.69, 9.17) is 5.11 Å². The number of aliphatic carboxylic acids is 1. The van der Waals surface area contributed by atoms with Crippen LogP contribution in [-0.2, 0) is 4.79 Å². The standard InChI is InChI=1S/C15H19F2N3O4/c16-14(17)24-12-4-2-1-3-11(12)19-15(23)18-10-5-7-20(8-6-10)9-13(21)22/h1-4,10,14H,5-9H2,(H,21,22)(H2,18,19,23). The number of carbonyl (C=O) groups excluding carboxylic acids is 1. The lowest BCUT2D eigenvalue weighted by molar-refractivity contribution is -0.138. The summed E-state index contributed by atoms with van der Waals surface area (Å²) in [6.07, 6.45) is 1.24. The van der Waals surface area contributed by atoms with Crippen molar-refractivity contribution in [3.63, 3.8) is 0 Å². The Balaban J connectivity index is 1.83. The number of benzene rings is 1. The van der Waals surface area contributed by atoms with E-state index >= 15 is 0 Å². The van der Waals surface area contributed by atoms with Gasteiger partial charge in [0.05, 0.1) is 12.2 Å². The van der Waals surface area contributed by atoms with E-state index in [1.54, 1.807) is 11.0 Å². The lowest BCUT2D eigenvalue weighted by Gasteiger charge is -2.31. The highest BCUT2D eigenvalue weighted by atomic mass is 19.3. The fourth-order valence-electron chi connectivity index (χ4n) is 2.54. The van der Waals surface area contributed by atoms with Crippen molar-refractivity contribution in [1.82, 2.24) is 10.2 Å². The average molecular weight is 343 g/mol. The van der Waals surface area contributed by atoms with Crippen LogP contribution < -0.4 is 15.4 Å². The molecule has 1 aliphatic rings. The van der Waals surface area contributed by atoms with Crippen molar-refractivity contribution in [3.05, 3.63) is 24.3 Å². The van der Waals surface area contributed by atoms with Gasteiger partial charge in [-0.15, -0.1) is 0 Å². The Hall–Kier alpha value is -2.42. The Morgan fingerprint density at radius 3 is 2.58 bits per heavy atom. The zero-order chi connectivity index (χ0) is 17.5. The first-order chi connectivity index (χ1) is 11.4. The number of carboxylic acid groups (broad SMARTS) is 1. The van der Waals surface area contributed by atoms with Crippen molar-refractivity contribution in [1.29, 1.82) is 0 Å². The van der Waals surface area contributed by atoms with Gasteiger partial charge in [0, 0.05) is 19.1 Å². The number of para-hydroxylation sites is 2. The molecule has 1 aliphatic heterocycles. The second-order valence-corrected chi connectivity index (χ2v) is 5.42. The zero-order valence-corrected chi connectivity index (χ0v) is 12.9. The molecule has 0 unspecified atom stereocenters. The molecule has 7 nitrogen and oxygen atoms in total. The van der Waals surface area contributed by atoms with Crippen LogP contribution in [0.3, 0.4) is 0 Å². The van der Waals surface area contributed by atoms with Crippen molar-refractivity contribution in [2.24, 2.45) is 0 Å². The Morgan fingerprint density at radius 2 is 1.96 bits per heavy atom. The van der Waals surface area contributed by atoms with Gasteiger partial charge < -0.3 is 20.5 Å². The number of carboxylic acids is 1. The quantitative estimate of drug-likeness (QED) is 0.734. The van der Waals surface area contributed by atoms with Crippen LogP contribution in [0.2, 0.25) is 0 Å². The maximum absolute atomic E-state index is 12.3. The van der Waals surface area contributed by atoms with E-state index in [9.17, 15) is 18.4 Å². The number of anilines is 1. The molecule has 0 spiro atoms. The molecule has 1 heterocycles. The summed E-state index contributed by atoms with van der Waals surface area (Å²) in [5.41, 5.74) is 0.151. The molecule has 2 amide bonds. The van der Waals surface area contributed by atoms with Crippen molar-refractivity contribution >= 4 is 17.7 Å². The Labute approximate surface area is 137 Å². The first-order valence-corrected chi connectivity index (χ1v) is 7.49. The van der Waals surface area contributed by atoms with Crippen LogP contribution in [0.4, 0.5) is 19.3 Å². The average Bonchev–Trinajstić information content (AvgIpc) is 2.50. The monoisotopic (exact) mass is 343 g/mol. The summed E-state index contributed by atoms with van der Waals surface area (Å²) in [5, 5.41) is 14.0. The Bertz CT molecular complexity index is 578. The molecule has 2 rings (SSSR count). The van der Waals surface area contributed by atoms with Gasteiger partial charge in [-0.2, -0.15) is 8.78 Å². The van der Waals surface area contributed by atoms with Crippen LogP contribution in [0.15, 0.2) is 24.3 Å². The lowest BCUT2D eigenvalue weighted by Crippen LogP contribution is -2.47. The highest BCUT2D eigenvalue weighted by molar-refractivity contribution is 5.91. The number of amides is 2. The van der Waals surface area contributed by atoms with E-state index in [1.165, 1.54) is 18.2 Å². The molecule has 1 saturated heterocycles. The summed E-state index contributed by atoms with van der Waals surface area (Å²) in [7, 11) is 0. The number of likely N-dealkylation sites (tertiary alicyclic amines) is 1. The van der Waals surface area contributed by atoms with Crippen molar-refractivity contribution in [2.45, 2.75) is 25.5 Å². The topological polar surface area (TPSA) is 90.9 Å². The number of alkyl halides is 2. The number of carbonyl (C=O) groups is 2. The minimum Gasteiger partial charge on any atom is -0.480 e. The molecule has 1 aromatic carbocycles. The molecule has 0 bridgehead atoms. The number of nitrogens with zero attached hydrogens (tertiary/aromatic N) is 1. The summed E-state index contributed by atoms with van der Waals surface area (Å²) in [6.45, 7) is -1.85. The van der Waals surface area contributed by atoms with Crippen LogP contribution in [0.1, 0.15) is 12.8 Å². The highest BCUT2D eigenvalue weighted by Crippen LogP contribution is 2.25. The van der Waals surface area contributed by atoms with E-state index in [0.717, 1.165) is 0 Å². The molecule has 0 atom stereocenters. The van der Waals surface area contributed by atoms with Crippen molar-refractivity contribution < 1.29 is 28.2 Å². The largest absolute Gasteiger partial charge is 0.480 e. The van der Waals surface area contributed by atoms with Gasteiger partial charge in [0.1, 0.15) is 5.75 Å². The van der Waals surface area contributed by atoms with Gasteiger partial charge in [0.25, 0.3) is 0 Å². The summed E-state index contributed by atoms with van der Waals surface area (Å²) >= 11 is 0. The van der Waals surface area contributed by atoms with Crippen LogP contribution in [0, 0.1) is 0 Å². The fourth-order valence-corrected chi connectivity index (χ4v) is 2.54. The summed E-state index contributed by atoms with van der Waals surface area (Å²) in [6, 6.07) is 5.31. The van der Waals surface area contributed by atoms with Crippen LogP contribution >= 0.6 is 0 Å². The molecule has 0 aliphatic carbocycles. The van der Waals surface area contributed by atoms with Gasteiger partial charge in [-0.25, -0.2) is 4.79 Å². The number of nitrogens with one attached hydrogen (secondary N) is 2. The number of ether oxygens (including phenoxy) is 1. The molecule has 0 aromatic heterocycles. The summed E-state index contributed by atoms with van der Waals surface area (Å²) in [4.78, 5) is 24.5. The predicted octanol–water partition coefficient (Wildman–Crippen LogP) is 1.96. The summed E-state index contributed by atoms with van der Waals surface area (Å²) in [5.74, 6) is -0.992. The third-order valence-corrected chi connectivity index (χ3v) is 3.63. The summed E-state index contributed by atoms with van der Waals surface area (Å²) < 4.78 is 29.0. The van der Waals surface area contributed by atoms with E-state index < -0.39 is 18.6 Å². The number of halogens is 2. The van der Waals surface area contributed by atoms with Gasteiger partial charge in [-0.1, -0.05) is 12.1 Å². The smallest absolute Gasteiger partial charge is 0.387 e. The van der Waals surface area contributed by atoms with Crippen molar-refractivity contribution in [3.8, 4) is 5.75 Å². The normalized spacial score (nSPS) is 16.0. The van der Waals surface area contributed by atoms with Gasteiger partial charge in [-0.3, -0.25) is 9.69 Å². The van der Waals surface area contributed by atoms with Crippen LogP contribution in [0.5, 0.6) is 5.75 Å². The number of piperidine rings is 1. The number of hydrogen-bond donors (Lipinski definition) is 3. The molecule has 3 N–H and O–H groups in total. The van der Waals surface area contributed by atoms with Gasteiger partial charge in [0.15, 0.2) is 0 Å². The first kappa shape index (κ1) is 17.9. The third kappa shape index (κ3) is 5.65. The predicted molar refractivity (Wildman–Crippen MR) is 82.3 cm³/mol. The molecule has 9 heteroatoms. The van der Waals surface area contributed by atoms with Crippen LogP contribution in [-0.4, -0.2) is 54.3 Å². The maximum Gasteiger partial charge on any atom is 0.387 e. The van der Waals surface area contributed by atoms with Crippen LogP contribution in [0.25, 0.3) is 0 Å². The second kappa shape index (κ2) is 8.44. The van der Waals surface area contributed by atoms with E-state index in [2.05, 4.69) is 15.4 Å². The number of urea groups is 1. The number of rotatable bonds is 6. The molecule has 132 valence electrons. The Morgan fingerprint density at radius 1 is 1.29 bits per heavy atom. The molecule has 24 heavy (non-hydrogen) atoms. The molecule has 1 aromatic rings. The molecule has 0 radical (unpaired) electrons. The molecule has 1 fully saturated rings. The molecular formula is C15H19F2N3O4. The van der Waals surface area contributed by atoms with Gasteiger partial charge in [-0.05, 0) is 25.0 Å². The third-order valence-electron chi connectivity index (χ3n) is 3.63. The van der Waals surface area contributed by atoms with Crippen molar-refractivity contribution in [2.75, 3.05) is 25.0 Å². The highest BCUT2D eigenvalue weighted by Gasteiger charge is 2.22. The fraction of sp³-hybridized carbons (Fsp3) is 0.467. The zero-order valence-electron chi connectivity index (χ0n) is 12.9. The van der Waals surface area contributed by atoms with E-state index in [0.29, 0.717) is 25.9 Å². The van der Waals surface area contributed by atoms with E-state index in [-0.39, 0.29) is 24.0 Å². The minimum atomic E-state index is -2.98. The van der Waals surface area contributed by atoms with Gasteiger partial charge in [0.2, 0.25) is 0 Å². The second-order valence-electron chi connectivity index (χ2n) is 5.42. The van der Waals surface area contributed by atoms with E-state index in [1.807, 2.05) is 0 Å². The first-order valence-electron chi connectivity index (χ1n) is 7.49. The number of hydrogen-bond acceptors (Lipinski definition) is 4. The van der Waals surface area contributed by atoms with Gasteiger partial charge >= 0.3 is 18.6 Å².